The largest absolute Gasteiger partial charge is 0.384 e. The number of rotatable bonds is 4. The lowest BCUT2D eigenvalue weighted by atomic mass is 10.0. The molecule has 0 aliphatic carbocycles. The molecule has 1 heterocycles. The first-order valence-electron chi connectivity index (χ1n) is 5.52. The van der Waals surface area contributed by atoms with Gasteiger partial charge in [0.2, 0.25) is 5.88 Å². The van der Waals surface area contributed by atoms with Crippen molar-refractivity contribution < 1.29 is 9.26 Å². The van der Waals surface area contributed by atoms with E-state index in [0.717, 1.165) is 16.8 Å². The topological polar surface area (TPSA) is 61.3 Å². The van der Waals surface area contributed by atoms with Crippen LogP contribution in [0.4, 0.5) is 5.88 Å². The molecule has 0 aliphatic rings. The quantitative estimate of drug-likeness (QED) is 0.879. The van der Waals surface area contributed by atoms with E-state index in [4.69, 9.17) is 15.0 Å². The first-order valence-corrected chi connectivity index (χ1v) is 5.52. The molecule has 1 aromatic heterocycles. The second-order valence-electron chi connectivity index (χ2n) is 3.98. The van der Waals surface area contributed by atoms with Gasteiger partial charge in [0.25, 0.3) is 0 Å². The van der Waals surface area contributed by atoms with Crippen LogP contribution in [-0.2, 0) is 11.2 Å². The number of nitrogen functional groups attached to an aromatic ring is 1. The van der Waals surface area contributed by atoms with E-state index >= 15 is 0 Å². The van der Waals surface area contributed by atoms with Crippen molar-refractivity contribution >= 4 is 5.88 Å². The number of ether oxygens (including phenoxy) is 1. The van der Waals surface area contributed by atoms with Crippen LogP contribution < -0.4 is 5.73 Å². The van der Waals surface area contributed by atoms with E-state index in [1.165, 1.54) is 5.56 Å². The van der Waals surface area contributed by atoms with Crippen LogP contribution in [0.2, 0.25) is 0 Å². The Kier molecular flexibility index (Phi) is 3.44. The van der Waals surface area contributed by atoms with Crippen LogP contribution in [0.25, 0.3) is 11.1 Å². The van der Waals surface area contributed by atoms with Crippen molar-refractivity contribution in [3.8, 4) is 11.1 Å². The summed E-state index contributed by atoms with van der Waals surface area (Å²) in [6.07, 6.45) is 0.695. The normalized spacial score (nSPS) is 10.7. The number of anilines is 1. The minimum atomic E-state index is 0.361. The van der Waals surface area contributed by atoms with Crippen molar-refractivity contribution in [3.63, 3.8) is 0 Å². The molecule has 0 aliphatic heterocycles. The van der Waals surface area contributed by atoms with Gasteiger partial charge in [0.15, 0.2) is 0 Å². The number of aromatic nitrogens is 1. The van der Waals surface area contributed by atoms with Crippen molar-refractivity contribution in [2.75, 3.05) is 19.5 Å². The highest BCUT2D eigenvalue weighted by Gasteiger charge is 2.15. The maximum Gasteiger partial charge on any atom is 0.230 e. The Morgan fingerprint density at radius 2 is 2.00 bits per heavy atom. The van der Waals surface area contributed by atoms with E-state index in [0.29, 0.717) is 18.9 Å². The second-order valence-corrected chi connectivity index (χ2v) is 3.98. The third-order valence-electron chi connectivity index (χ3n) is 2.67. The Hall–Kier alpha value is -1.81. The van der Waals surface area contributed by atoms with E-state index in [9.17, 15) is 0 Å². The fourth-order valence-electron chi connectivity index (χ4n) is 1.74. The summed E-state index contributed by atoms with van der Waals surface area (Å²) in [5, 5.41) is 3.97. The minimum Gasteiger partial charge on any atom is -0.384 e. The van der Waals surface area contributed by atoms with Crippen LogP contribution >= 0.6 is 0 Å². The lowest BCUT2D eigenvalue weighted by molar-refractivity contribution is 0.200. The molecule has 4 heteroatoms. The Labute approximate surface area is 100 Å². The predicted octanol–water partition coefficient (Wildman–Crippen LogP) is 2.42. The van der Waals surface area contributed by atoms with Crippen LogP contribution in [0.1, 0.15) is 11.3 Å². The zero-order chi connectivity index (χ0) is 12.3. The molecule has 0 amide bonds. The highest BCUT2D eigenvalue weighted by Crippen LogP contribution is 2.30. The van der Waals surface area contributed by atoms with E-state index in [2.05, 4.69) is 5.16 Å². The summed E-state index contributed by atoms with van der Waals surface area (Å²) >= 11 is 0. The molecule has 2 rings (SSSR count). The molecule has 17 heavy (non-hydrogen) atoms. The summed E-state index contributed by atoms with van der Waals surface area (Å²) in [6.45, 7) is 2.65. The average Bonchev–Trinajstić information content (AvgIpc) is 2.69. The fourth-order valence-corrected chi connectivity index (χ4v) is 1.74. The van der Waals surface area contributed by atoms with E-state index < -0.39 is 0 Å². The molecule has 0 spiro atoms. The number of nitrogens with two attached hydrogens (primary N) is 1. The van der Waals surface area contributed by atoms with E-state index in [1.807, 2.05) is 31.2 Å². The van der Waals surface area contributed by atoms with E-state index in [1.54, 1.807) is 7.11 Å². The maximum atomic E-state index is 5.81. The van der Waals surface area contributed by atoms with Gasteiger partial charge < -0.3 is 15.0 Å². The Morgan fingerprint density at radius 3 is 2.65 bits per heavy atom. The fraction of sp³-hybridized carbons (Fsp3) is 0.308. The van der Waals surface area contributed by atoms with Crippen LogP contribution in [0.3, 0.4) is 0 Å². The van der Waals surface area contributed by atoms with Gasteiger partial charge in [0.1, 0.15) is 0 Å². The molecule has 0 saturated heterocycles. The minimum absolute atomic E-state index is 0.361. The van der Waals surface area contributed by atoms with Gasteiger partial charge in [0.05, 0.1) is 17.9 Å². The number of benzene rings is 1. The van der Waals surface area contributed by atoms with Crippen LogP contribution in [0, 0.1) is 6.92 Å². The van der Waals surface area contributed by atoms with Crippen molar-refractivity contribution in [2.24, 2.45) is 0 Å². The average molecular weight is 232 g/mol. The highest BCUT2D eigenvalue weighted by molar-refractivity contribution is 5.75. The molecule has 0 radical (unpaired) electrons. The molecular weight excluding hydrogens is 216 g/mol. The maximum absolute atomic E-state index is 5.81. The Bertz CT molecular complexity index is 489. The number of nitrogens with zero attached hydrogens (tertiary/aromatic N) is 1. The summed E-state index contributed by atoms with van der Waals surface area (Å²) in [6, 6.07) is 8.13. The van der Waals surface area contributed by atoms with Crippen molar-refractivity contribution in [2.45, 2.75) is 13.3 Å². The molecule has 0 bridgehead atoms. The molecule has 1 aromatic carbocycles. The molecule has 4 nitrogen and oxygen atoms in total. The van der Waals surface area contributed by atoms with E-state index in [-0.39, 0.29) is 0 Å². The summed E-state index contributed by atoms with van der Waals surface area (Å²) < 4.78 is 10.1. The molecule has 0 saturated carbocycles. The number of methoxy groups -OCH3 is 1. The van der Waals surface area contributed by atoms with Crippen LogP contribution in [-0.4, -0.2) is 18.9 Å². The van der Waals surface area contributed by atoms with Gasteiger partial charge in [-0.3, -0.25) is 0 Å². The molecular formula is C13H16N2O2. The number of hydrogen-bond donors (Lipinski definition) is 1. The molecule has 0 fully saturated rings. The molecule has 2 aromatic rings. The lowest BCUT2D eigenvalue weighted by Crippen LogP contribution is -1.97. The first-order chi connectivity index (χ1) is 8.22. The summed E-state index contributed by atoms with van der Waals surface area (Å²) in [7, 11) is 1.66. The second kappa shape index (κ2) is 5.01. The van der Waals surface area contributed by atoms with Gasteiger partial charge >= 0.3 is 0 Å². The molecule has 90 valence electrons. The summed E-state index contributed by atoms with van der Waals surface area (Å²) in [4.78, 5) is 0. The zero-order valence-corrected chi connectivity index (χ0v) is 10.1. The van der Waals surface area contributed by atoms with Crippen LogP contribution in [0.15, 0.2) is 28.8 Å². The van der Waals surface area contributed by atoms with Gasteiger partial charge in [-0.1, -0.05) is 35.0 Å². The van der Waals surface area contributed by atoms with Crippen molar-refractivity contribution in [1.82, 2.24) is 5.16 Å². The highest BCUT2D eigenvalue weighted by atomic mass is 16.5. The first kappa shape index (κ1) is 11.7. The summed E-state index contributed by atoms with van der Waals surface area (Å²) in [5.41, 5.74) is 9.77. The third kappa shape index (κ3) is 2.47. The zero-order valence-electron chi connectivity index (χ0n) is 10.1. The molecule has 0 atom stereocenters. The monoisotopic (exact) mass is 232 g/mol. The molecule has 2 N–H and O–H groups in total. The van der Waals surface area contributed by atoms with Crippen molar-refractivity contribution in [1.29, 1.82) is 0 Å². The van der Waals surface area contributed by atoms with Gasteiger partial charge in [-0.05, 0) is 12.5 Å². The van der Waals surface area contributed by atoms with Gasteiger partial charge in [-0.25, -0.2) is 0 Å². The molecule has 0 unspecified atom stereocenters. The Balaban J connectivity index is 2.36. The Morgan fingerprint density at radius 1 is 1.29 bits per heavy atom. The number of hydrogen-bond acceptors (Lipinski definition) is 4. The standard InChI is InChI=1S/C13H16N2O2/c1-9-3-5-10(6-4-9)12-11(7-8-16-2)15-17-13(12)14/h3-6H,7-8,14H2,1-2H3. The van der Waals surface area contributed by atoms with Crippen molar-refractivity contribution in [3.05, 3.63) is 35.5 Å². The van der Waals surface area contributed by atoms with Gasteiger partial charge in [0, 0.05) is 13.5 Å². The predicted molar refractivity (Wildman–Crippen MR) is 66.7 cm³/mol. The number of aryl methyl sites for hydroxylation is 1. The van der Waals surface area contributed by atoms with Crippen LogP contribution in [0.5, 0.6) is 0 Å². The van der Waals surface area contributed by atoms with Gasteiger partial charge in [-0.2, -0.15) is 0 Å². The SMILES string of the molecule is COCCc1noc(N)c1-c1ccc(C)cc1. The van der Waals surface area contributed by atoms with Gasteiger partial charge in [-0.15, -0.1) is 0 Å². The lowest BCUT2D eigenvalue weighted by Gasteiger charge is -2.02. The summed E-state index contributed by atoms with van der Waals surface area (Å²) in [5.74, 6) is 0.361. The smallest absolute Gasteiger partial charge is 0.230 e. The third-order valence-corrected chi connectivity index (χ3v) is 2.67.